The van der Waals surface area contributed by atoms with Gasteiger partial charge in [-0.3, -0.25) is 9.89 Å². The number of hydrogen-bond donors (Lipinski definition) is 1. The molecule has 4 aromatic rings. The van der Waals surface area contributed by atoms with E-state index in [1.54, 1.807) is 23.1 Å². The molecule has 1 aliphatic rings. The van der Waals surface area contributed by atoms with Gasteiger partial charge in [-0.2, -0.15) is 5.26 Å². The van der Waals surface area contributed by atoms with Gasteiger partial charge in [0, 0.05) is 35.4 Å². The van der Waals surface area contributed by atoms with E-state index in [1.165, 1.54) is 40.9 Å². The first kappa shape index (κ1) is 20.0. The number of rotatable bonds is 6. The van der Waals surface area contributed by atoms with Gasteiger partial charge in [-0.15, -0.1) is 21.5 Å². The zero-order chi connectivity index (χ0) is 21.2. The van der Waals surface area contributed by atoms with Gasteiger partial charge in [0.15, 0.2) is 10.8 Å². The molecular weight excluding hydrogens is 430 g/mol. The van der Waals surface area contributed by atoms with Crippen molar-refractivity contribution in [2.24, 2.45) is 0 Å². The van der Waals surface area contributed by atoms with Crippen molar-refractivity contribution in [3.8, 4) is 6.07 Å². The molecule has 0 radical (unpaired) electrons. The fourth-order valence-corrected chi connectivity index (χ4v) is 5.74. The molecule has 0 atom stereocenters. The van der Waals surface area contributed by atoms with Crippen molar-refractivity contribution in [2.75, 3.05) is 0 Å². The number of H-pyrrole nitrogens is 1. The van der Waals surface area contributed by atoms with Crippen LogP contribution in [0.3, 0.4) is 0 Å². The van der Waals surface area contributed by atoms with Gasteiger partial charge in [-0.25, -0.2) is 9.50 Å². The monoisotopic (exact) mass is 451 g/mol. The number of thioether (sulfide) groups is 1. The van der Waals surface area contributed by atoms with Gasteiger partial charge in [-0.1, -0.05) is 37.1 Å². The Labute approximate surface area is 186 Å². The average molecular weight is 452 g/mol. The highest BCUT2D eigenvalue weighted by Gasteiger charge is 2.23. The molecule has 1 saturated carbocycles. The van der Waals surface area contributed by atoms with Gasteiger partial charge < -0.3 is 4.57 Å². The molecule has 1 aliphatic carbocycles. The molecule has 4 aromatic heterocycles. The minimum Gasteiger partial charge on any atom is -0.303 e. The second-order valence-corrected chi connectivity index (χ2v) is 9.62. The van der Waals surface area contributed by atoms with E-state index in [1.807, 2.05) is 0 Å². The van der Waals surface area contributed by atoms with E-state index in [-0.39, 0.29) is 5.56 Å². The number of hydrogen-bond acceptors (Lipinski definition) is 7. The zero-order valence-electron chi connectivity index (χ0n) is 16.8. The van der Waals surface area contributed by atoms with Crippen LogP contribution < -0.4 is 5.56 Å². The topological polar surface area (TPSA) is 105 Å². The fourth-order valence-electron chi connectivity index (χ4n) is 4.12. The molecule has 0 unspecified atom stereocenters. The second kappa shape index (κ2) is 8.69. The summed E-state index contributed by atoms with van der Waals surface area (Å²) >= 11 is 3.28. The van der Waals surface area contributed by atoms with Gasteiger partial charge >= 0.3 is 0 Å². The first-order chi connectivity index (χ1) is 15.2. The maximum Gasteiger partial charge on any atom is 0.272 e. The summed E-state index contributed by atoms with van der Waals surface area (Å²) in [5, 5.41) is 24.0. The van der Waals surface area contributed by atoms with Crippen molar-refractivity contribution >= 4 is 28.7 Å². The van der Waals surface area contributed by atoms with Gasteiger partial charge in [0.2, 0.25) is 0 Å². The van der Waals surface area contributed by atoms with Crippen LogP contribution in [0.1, 0.15) is 60.1 Å². The summed E-state index contributed by atoms with van der Waals surface area (Å²) in [4.78, 5) is 18.2. The Morgan fingerprint density at radius 2 is 2.16 bits per heavy atom. The predicted octanol–water partition coefficient (Wildman–Crippen LogP) is 3.94. The van der Waals surface area contributed by atoms with Gasteiger partial charge in [0.05, 0.1) is 5.69 Å². The smallest absolute Gasteiger partial charge is 0.272 e. The van der Waals surface area contributed by atoms with Crippen LogP contribution in [0.15, 0.2) is 39.7 Å². The Hall–Kier alpha value is -2.90. The van der Waals surface area contributed by atoms with E-state index in [0.29, 0.717) is 28.7 Å². The molecule has 0 bridgehead atoms. The summed E-state index contributed by atoms with van der Waals surface area (Å²) in [5.41, 5.74) is 1.11. The van der Waals surface area contributed by atoms with Crippen molar-refractivity contribution < 1.29 is 0 Å². The molecule has 0 aromatic carbocycles. The maximum absolute atomic E-state index is 12.4. The molecular formula is C21H21N7OS2. The lowest BCUT2D eigenvalue weighted by Gasteiger charge is -2.25. The third-order valence-electron chi connectivity index (χ3n) is 5.61. The largest absolute Gasteiger partial charge is 0.303 e. The predicted molar refractivity (Wildman–Crippen MR) is 119 cm³/mol. The lowest BCUT2D eigenvalue weighted by atomic mass is 9.95. The van der Waals surface area contributed by atoms with E-state index in [9.17, 15) is 10.1 Å². The molecule has 4 heterocycles. The van der Waals surface area contributed by atoms with Crippen molar-refractivity contribution in [1.82, 2.24) is 29.4 Å². The van der Waals surface area contributed by atoms with Gasteiger partial charge in [0.1, 0.15) is 17.5 Å². The quantitative estimate of drug-likeness (QED) is 0.445. The molecule has 8 nitrogen and oxygen atoms in total. The van der Waals surface area contributed by atoms with Crippen LogP contribution in [0.4, 0.5) is 0 Å². The zero-order valence-corrected chi connectivity index (χ0v) is 18.5. The SMILES string of the molecule is N#Cc1c[nH]n2c(=O)cc(CSc3nnc(Cc4cccs4)n3C3CCCCC3)nc12. The summed E-state index contributed by atoms with van der Waals surface area (Å²) in [6.07, 6.45) is 8.30. The van der Waals surface area contributed by atoms with E-state index in [4.69, 9.17) is 0 Å². The van der Waals surface area contributed by atoms with E-state index >= 15 is 0 Å². The number of nitrogens with one attached hydrogen (secondary N) is 1. The standard InChI is InChI=1S/C21H21N7OS2/c22-11-14-12-23-28-19(29)9-15(24-20(14)28)13-31-21-26-25-18(10-17-7-4-8-30-17)27(21)16-5-2-1-3-6-16/h4,7-9,12,16,23H,1-3,5-6,10,13H2. The summed E-state index contributed by atoms with van der Waals surface area (Å²) in [6.45, 7) is 0. The second-order valence-electron chi connectivity index (χ2n) is 7.65. The molecule has 10 heteroatoms. The van der Waals surface area contributed by atoms with Crippen molar-refractivity contribution in [2.45, 2.75) is 55.5 Å². The van der Waals surface area contributed by atoms with E-state index in [2.05, 4.69) is 48.4 Å². The summed E-state index contributed by atoms with van der Waals surface area (Å²) in [6, 6.07) is 8.18. The highest BCUT2D eigenvalue weighted by Crippen LogP contribution is 2.34. The lowest BCUT2D eigenvalue weighted by molar-refractivity contribution is 0.330. The third kappa shape index (κ3) is 4.03. The first-order valence-electron chi connectivity index (χ1n) is 10.3. The van der Waals surface area contributed by atoms with Crippen molar-refractivity contribution in [3.05, 3.63) is 62.1 Å². The van der Waals surface area contributed by atoms with Gasteiger partial charge in [-0.05, 0) is 24.3 Å². The Kier molecular flexibility index (Phi) is 5.61. The minimum atomic E-state index is -0.228. The maximum atomic E-state index is 12.4. The van der Waals surface area contributed by atoms with Crippen LogP contribution in [0.25, 0.3) is 5.65 Å². The van der Waals surface area contributed by atoms with Gasteiger partial charge in [0.25, 0.3) is 5.56 Å². The molecule has 0 spiro atoms. The number of fused-ring (bicyclic) bond motifs is 1. The Balaban J connectivity index is 1.43. The van der Waals surface area contributed by atoms with Crippen LogP contribution in [-0.4, -0.2) is 29.4 Å². The van der Waals surface area contributed by atoms with Crippen molar-refractivity contribution in [3.63, 3.8) is 0 Å². The van der Waals surface area contributed by atoms with Crippen LogP contribution in [-0.2, 0) is 12.2 Å². The third-order valence-corrected chi connectivity index (χ3v) is 7.46. The normalized spacial score (nSPS) is 14.8. The molecule has 0 amide bonds. The molecule has 31 heavy (non-hydrogen) atoms. The molecule has 1 fully saturated rings. The number of nitrogens with zero attached hydrogens (tertiary/aromatic N) is 6. The molecule has 1 N–H and O–H groups in total. The molecule has 5 rings (SSSR count). The summed E-state index contributed by atoms with van der Waals surface area (Å²) < 4.78 is 3.60. The number of thiophene rings is 1. The Bertz CT molecular complexity index is 1290. The Morgan fingerprint density at radius 1 is 1.29 bits per heavy atom. The minimum absolute atomic E-state index is 0.228. The average Bonchev–Trinajstić information content (AvgIpc) is 3.53. The molecule has 158 valence electrons. The fraction of sp³-hybridized carbons (Fsp3) is 0.381. The molecule has 0 saturated heterocycles. The highest BCUT2D eigenvalue weighted by molar-refractivity contribution is 7.98. The number of aromatic amines is 1. The van der Waals surface area contributed by atoms with Crippen LogP contribution in [0.2, 0.25) is 0 Å². The van der Waals surface area contributed by atoms with Crippen molar-refractivity contribution in [1.29, 1.82) is 5.26 Å². The molecule has 0 aliphatic heterocycles. The van der Waals surface area contributed by atoms with E-state index in [0.717, 1.165) is 30.2 Å². The van der Waals surface area contributed by atoms with Crippen LogP contribution >= 0.6 is 23.1 Å². The lowest BCUT2D eigenvalue weighted by Crippen LogP contribution is -2.17. The highest BCUT2D eigenvalue weighted by atomic mass is 32.2. The number of nitriles is 1. The Morgan fingerprint density at radius 3 is 2.94 bits per heavy atom. The number of aromatic nitrogens is 6. The summed E-state index contributed by atoms with van der Waals surface area (Å²) in [5.74, 6) is 1.49. The van der Waals surface area contributed by atoms with Crippen LogP contribution in [0, 0.1) is 11.3 Å². The first-order valence-corrected chi connectivity index (χ1v) is 12.2. The van der Waals surface area contributed by atoms with Crippen LogP contribution in [0.5, 0.6) is 0 Å². The summed E-state index contributed by atoms with van der Waals surface area (Å²) in [7, 11) is 0. The van der Waals surface area contributed by atoms with E-state index < -0.39 is 0 Å².